The topological polar surface area (TPSA) is 86.2 Å². The van der Waals surface area contributed by atoms with Crippen LogP contribution in [-0.4, -0.2) is 31.3 Å². The smallest absolute Gasteiger partial charge is 0.343 e. The van der Waals surface area contributed by atoms with Gasteiger partial charge in [-0.2, -0.15) is 5.10 Å². The fraction of sp³-hybridized carbons (Fsp3) is 0.107. The first kappa shape index (κ1) is 23.5. The standard InChI is InChI=1S/C28H24N2O5/c1-2-33-26-17-20(15-16-25(26)35-28(32)22-10-4-3-5-11-22)18-29-30-27(31)19-34-24-14-8-12-21-9-6-7-13-23(21)24/h3-18H,2,19H2,1H3,(H,30,31). The summed E-state index contributed by atoms with van der Waals surface area (Å²) in [6.45, 7) is 2.04. The number of ether oxygens (including phenoxy) is 3. The Labute approximate surface area is 202 Å². The second-order valence-corrected chi connectivity index (χ2v) is 7.45. The van der Waals surface area contributed by atoms with E-state index in [-0.39, 0.29) is 6.61 Å². The van der Waals surface area contributed by atoms with Gasteiger partial charge in [-0.25, -0.2) is 10.2 Å². The van der Waals surface area contributed by atoms with Gasteiger partial charge in [0.05, 0.1) is 18.4 Å². The van der Waals surface area contributed by atoms with Crippen LogP contribution in [0.2, 0.25) is 0 Å². The van der Waals surface area contributed by atoms with Gasteiger partial charge in [0.25, 0.3) is 5.91 Å². The number of hydrogen-bond acceptors (Lipinski definition) is 6. The lowest BCUT2D eigenvalue weighted by Crippen LogP contribution is -2.24. The normalized spacial score (nSPS) is 10.8. The van der Waals surface area contributed by atoms with Crippen molar-refractivity contribution in [1.82, 2.24) is 5.43 Å². The molecule has 0 aromatic heterocycles. The first-order chi connectivity index (χ1) is 17.1. The summed E-state index contributed by atoms with van der Waals surface area (Å²) in [5.41, 5.74) is 3.54. The molecule has 0 radical (unpaired) electrons. The second-order valence-electron chi connectivity index (χ2n) is 7.45. The molecular weight excluding hydrogens is 444 g/mol. The van der Waals surface area contributed by atoms with Crippen LogP contribution in [0.4, 0.5) is 0 Å². The molecule has 1 amide bonds. The molecule has 7 heteroatoms. The van der Waals surface area contributed by atoms with Crippen LogP contribution in [0.15, 0.2) is 96.1 Å². The van der Waals surface area contributed by atoms with Crippen molar-refractivity contribution >= 4 is 28.9 Å². The lowest BCUT2D eigenvalue weighted by atomic mass is 10.1. The average molecular weight is 469 g/mol. The molecule has 0 heterocycles. The van der Waals surface area contributed by atoms with Gasteiger partial charge in [-0.05, 0) is 54.3 Å². The molecule has 7 nitrogen and oxygen atoms in total. The van der Waals surface area contributed by atoms with E-state index in [2.05, 4.69) is 10.5 Å². The monoisotopic (exact) mass is 468 g/mol. The maximum atomic E-state index is 12.4. The molecule has 0 aliphatic rings. The predicted octanol–water partition coefficient (Wildman–Crippen LogP) is 4.99. The van der Waals surface area contributed by atoms with Crippen LogP contribution >= 0.6 is 0 Å². The van der Waals surface area contributed by atoms with Crippen LogP contribution in [0.5, 0.6) is 17.2 Å². The van der Waals surface area contributed by atoms with E-state index >= 15 is 0 Å². The molecule has 0 atom stereocenters. The minimum absolute atomic E-state index is 0.177. The van der Waals surface area contributed by atoms with Crippen molar-refractivity contribution in [2.45, 2.75) is 6.92 Å². The third-order valence-corrected chi connectivity index (χ3v) is 4.99. The summed E-state index contributed by atoms with van der Waals surface area (Å²) in [6, 6.07) is 27.2. The highest BCUT2D eigenvalue weighted by molar-refractivity contribution is 5.92. The Hall–Kier alpha value is -4.65. The average Bonchev–Trinajstić information content (AvgIpc) is 2.89. The van der Waals surface area contributed by atoms with Crippen molar-refractivity contribution in [3.05, 3.63) is 102 Å². The zero-order valence-corrected chi connectivity index (χ0v) is 19.1. The summed E-state index contributed by atoms with van der Waals surface area (Å²) in [5.74, 6) is 0.444. The lowest BCUT2D eigenvalue weighted by Gasteiger charge is -2.11. The first-order valence-electron chi connectivity index (χ1n) is 11.1. The maximum Gasteiger partial charge on any atom is 0.343 e. The highest BCUT2D eigenvalue weighted by atomic mass is 16.6. The van der Waals surface area contributed by atoms with Crippen molar-refractivity contribution in [3.63, 3.8) is 0 Å². The van der Waals surface area contributed by atoms with E-state index in [9.17, 15) is 9.59 Å². The summed E-state index contributed by atoms with van der Waals surface area (Å²) >= 11 is 0. The Morgan fingerprint density at radius 2 is 1.60 bits per heavy atom. The van der Waals surface area contributed by atoms with Crippen LogP contribution in [-0.2, 0) is 4.79 Å². The van der Waals surface area contributed by atoms with Crippen LogP contribution < -0.4 is 19.6 Å². The van der Waals surface area contributed by atoms with Crippen LogP contribution in [0.3, 0.4) is 0 Å². The molecule has 0 bridgehead atoms. The highest BCUT2D eigenvalue weighted by Crippen LogP contribution is 2.29. The number of hydrazone groups is 1. The summed E-state index contributed by atoms with van der Waals surface area (Å²) < 4.78 is 16.8. The molecule has 4 aromatic carbocycles. The number of carbonyl (C=O) groups is 2. The number of nitrogens with zero attached hydrogens (tertiary/aromatic N) is 1. The van der Waals surface area contributed by atoms with E-state index in [1.165, 1.54) is 6.21 Å². The third kappa shape index (κ3) is 6.23. The Morgan fingerprint density at radius 1 is 0.829 bits per heavy atom. The van der Waals surface area contributed by atoms with Gasteiger partial charge in [0, 0.05) is 5.39 Å². The highest BCUT2D eigenvalue weighted by Gasteiger charge is 2.13. The van der Waals surface area contributed by atoms with Crippen molar-refractivity contribution in [2.24, 2.45) is 5.10 Å². The van der Waals surface area contributed by atoms with E-state index in [1.54, 1.807) is 42.5 Å². The molecule has 1 N–H and O–H groups in total. The fourth-order valence-corrected chi connectivity index (χ4v) is 3.37. The number of carbonyl (C=O) groups excluding carboxylic acids is 2. The molecule has 0 saturated carbocycles. The maximum absolute atomic E-state index is 12.4. The number of amides is 1. The number of nitrogens with one attached hydrogen (secondary N) is 1. The number of rotatable bonds is 9. The molecule has 176 valence electrons. The molecule has 0 unspecified atom stereocenters. The van der Waals surface area contributed by atoms with Gasteiger partial charge in [0.2, 0.25) is 0 Å². The minimum Gasteiger partial charge on any atom is -0.490 e. The number of hydrogen-bond donors (Lipinski definition) is 1. The van der Waals surface area contributed by atoms with E-state index in [0.717, 1.165) is 10.8 Å². The molecule has 0 aliphatic heterocycles. The zero-order valence-electron chi connectivity index (χ0n) is 19.1. The first-order valence-corrected chi connectivity index (χ1v) is 11.1. The summed E-state index contributed by atoms with van der Waals surface area (Å²) in [7, 11) is 0. The SMILES string of the molecule is CCOc1cc(C=NNC(=O)COc2cccc3ccccc23)ccc1OC(=O)c1ccccc1. The lowest BCUT2D eigenvalue weighted by molar-refractivity contribution is -0.123. The fourth-order valence-electron chi connectivity index (χ4n) is 3.37. The van der Waals surface area contributed by atoms with Gasteiger partial charge in [-0.15, -0.1) is 0 Å². The van der Waals surface area contributed by atoms with E-state index in [4.69, 9.17) is 14.2 Å². The third-order valence-electron chi connectivity index (χ3n) is 4.99. The molecule has 4 rings (SSSR count). The van der Waals surface area contributed by atoms with E-state index < -0.39 is 11.9 Å². The largest absolute Gasteiger partial charge is 0.490 e. The molecule has 35 heavy (non-hydrogen) atoms. The molecular formula is C28H24N2O5. The molecule has 0 fully saturated rings. The Bertz CT molecular complexity index is 1350. The number of fused-ring (bicyclic) bond motifs is 1. The number of benzene rings is 4. The van der Waals surface area contributed by atoms with Gasteiger partial charge >= 0.3 is 5.97 Å². The van der Waals surface area contributed by atoms with Crippen molar-refractivity contribution in [3.8, 4) is 17.2 Å². The van der Waals surface area contributed by atoms with Gasteiger partial charge in [-0.1, -0.05) is 54.6 Å². The summed E-state index contributed by atoms with van der Waals surface area (Å²) in [4.78, 5) is 24.6. The second kappa shape index (κ2) is 11.5. The molecule has 0 aliphatic carbocycles. The predicted molar refractivity (Wildman–Crippen MR) is 134 cm³/mol. The molecule has 0 saturated heterocycles. The van der Waals surface area contributed by atoms with Crippen LogP contribution in [0.25, 0.3) is 10.8 Å². The summed E-state index contributed by atoms with van der Waals surface area (Å²) in [6.07, 6.45) is 1.47. The molecule has 0 spiro atoms. The Balaban J connectivity index is 1.36. The van der Waals surface area contributed by atoms with Crippen molar-refractivity contribution in [1.29, 1.82) is 0 Å². The summed E-state index contributed by atoms with van der Waals surface area (Å²) in [5, 5.41) is 5.95. The Morgan fingerprint density at radius 3 is 2.43 bits per heavy atom. The Kier molecular flexibility index (Phi) is 7.70. The zero-order chi connectivity index (χ0) is 24.5. The quantitative estimate of drug-likeness (QED) is 0.162. The van der Waals surface area contributed by atoms with Gasteiger partial charge < -0.3 is 14.2 Å². The van der Waals surface area contributed by atoms with Crippen molar-refractivity contribution < 1.29 is 23.8 Å². The molecule has 4 aromatic rings. The number of esters is 1. The van der Waals surface area contributed by atoms with E-state index in [1.807, 2.05) is 55.5 Å². The van der Waals surface area contributed by atoms with Crippen LogP contribution in [0, 0.1) is 0 Å². The van der Waals surface area contributed by atoms with Crippen LogP contribution in [0.1, 0.15) is 22.8 Å². The van der Waals surface area contributed by atoms with E-state index in [0.29, 0.717) is 35.0 Å². The van der Waals surface area contributed by atoms with Gasteiger partial charge in [0.15, 0.2) is 18.1 Å². The minimum atomic E-state index is -0.480. The van der Waals surface area contributed by atoms with Gasteiger partial charge in [0.1, 0.15) is 5.75 Å². The van der Waals surface area contributed by atoms with Gasteiger partial charge in [-0.3, -0.25) is 4.79 Å². The van der Waals surface area contributed by atoms with Crippen molar-refractivity contribution in [2.75, 3.05) is 13.2 Å².